The number of quaternary nitrogens is 1. The minimum absolute atomic E-state index is 0.115. The number of anilines is 1. The number of hydrogen-bond donors (Lipinski definition) is 2. The van der Waals surface area contributed by atoms with Crippen molar-refractivity contribution in [2.24, 2.45) is 0 Å². The van der Waals surface area contributed by atoms with E-state index in [1.165, 1.54) is 10.9 Å². The summed E-state index contributed by atoms with van der Waals surface area (Å²) in [7, 11) is -3.42. The second-order valence-corrected chi connectivity index (χ2v) is 9.27. The molecule has 0 bridgehead atoms. The van der Waals surface area contributed by atoms with Gasteiger partial charge in [0.1, 0.15) is 13.1 Å². The molecule has 27 heavy (non-hydrogen) atoms. The maximum Gasteiger partial charge on any atom is 0.279 e. The summed E-state index contributed by atoms with van der Waals surface area (Å²) in [6.07, 6.45) is 2.74. The molecule has 1 unspecified atom stereocenters. The fourth-order valence-electron chi connectivity index (χ4n) is 2.82. The SMILES string of the molecule is CS(=O)(=O)c1ccccc1NC(=O)C[NH+](Cc1ccco1)Cc1cccs1. The number of carbonyl (C=O) groups excluding carboxylic acids is 1. The van der Waals surface area contributed by atoms with Gasteiger partial charge in [-0.3, -0.25) is 4.79 Å². The molecule has 0 saturated carbocycles. The van der Waals surface area contributed by atoms with Gasteiger partial charge in [-0.2, -0.15) is 0 Å². The van der Waals surface area contributed by atoms with Gasteiger partial charge in [-0.15, -0.1) is 11.3 Å². The Morgan fingerprint density at radius 1 is 1.11 bits per heavy atom. The number of rotatable bonds is 8. The predicted molar refractivity (Wildman–Crippen MR) is 104 cm³/mol. The first-order valence-corrected chi connectivity index (χ1v) is 11.2. The zero-order chi connectivity index (χ0) is 19.3. The van der Waals surface area contributed by atoms with Gasteiger partial charge in [-0.25, -0.2) is 8.42 Å². The molecule has 0 aliphatic carbocycles. The molecule has 2 N–H and O–H groups in total. The number of thiophene rings is 1. The van der Waals surface area contributed by atoms with E-state index >= 15 is 0 Å². The highest BCUT2D eigenvalue weighted by Gasteiger charge is 2.20. The minimum atomic E-state index is -3.42. The number of hydrogen-bond acceptors (Lipinski definition) is 5. The summed E-state index contributed by atoms with van der Waals surface area (Å²) in [6.45, 7) is 1.43. The number of nitrogens with one attached hydrogen (secondary N) is 2. The van der Waals surface area contributed by atoms with Crippen molar-refractivity contribution in [3.8, 4) is 0 Å². The van der Waals surface area contributed by atoms with Crippen molar-refractivity contribution in [1.29, 1.82) is 0 Å². The highest BCUT2D eigenvalue weighted by atomic mass is 32.2. The Bertz CT molecular complexity index is 944. The van der Waals surface area contributed by atoms with Crippen LogP contribution in [0.4, 0.5) is 5.69 Å². The lowest BCUT2D eigenvalue weighted by Crippen LogP contribution is -3.10. The smallest absolute Gasteiger partial charge is 0.279 e. The zero-order valence-corrected chi connectivity index (χ0v) is 16.5. The Kier molecular flexibility index (Phi) is 6.10. The molecule has 0 aliphatic rings. The summed E-state index contributed by atoms with van der Waals surface area (Å²) in [4.78, 5) is 14.9. The fraction of sp³-hybridized carbons (Fsp3) is 0.211. The average Bonchev–Trinajstić information content (AvgIpc) is 3.28. The Hall–Kier alpha value is -2.42. The van der Waals surface area contributed by atoms with Gasteiger partial charge in [-0.1, -0.05) is 18.2 Å². The third-order valence-corrected chi connectivity index (χ3v) is 6.01. The third kappa shape index (κ3) is 5.53. The molecular formula is C19H21N2O4S2+. The highest BCUT2D eigenvalue weighted by Crippen LogP contribution is 2.20. The normalized spacial score (nSPS) is 12.6. The van der Waals surface area contributed by atoms with E-state index in [9.17, 15) is 13.2 Å². The van der Waals surface area contributed by atoms with E-state index in [1.54, 1.807) is 35.8 Å². The molecule has 1 atom stereocenters. The maximum atomic E-state index is 12.6. The number of carbonyl (C=O) groups is 1. The molecule has 0 fully saturated rings. The van der Waals surface area contributed by atoms with Crippen LogP contribution in [0.1, 0.15) is 10.6 Å². The van der Waals surface area contributed by atoms with Gasteiger partial charge >= 0.3 is 0 Å². The first-order valence-electron chi connectivity index (χ1n) is 8.39. The molecule has 3 aromatic rings. The number of para-hydroxylation sites is 1. The number of amides is 1. The Morgan fingerprint density at radius 2 is 1.93 bits per heavy atom. The Morgan fingerprint density at radius 3 is 2.59 bits per heavy atom. The van der Waals surface area contributed by atoms with E-state index in [0.717, 1.165) is 16.9 Å². The number of benzene rings is 1. The molecule has 1 aromatic carbocycles. The lowest BCUT2D eigenvalue weighted by Gasteiger charge is -2.18. The fourth-order valence-corrected chi connectivity index (χ4v) is 4.44. The topological polar surface area (TPSA) is 80.8 Å². The zero-order valence-electron chi connectivity index (χ0n) is 14.8. The number of furan rings is 1. The van der Waals surface area contributed by atoms with Crippen LogP contribution in [0.2, 0.25) is 0 Å². The van der Waals surface area contributed by atoms with Crippen molar-refractivity contribution in [3.05, 3.63) is 70.8 Å². The standard InChI is InChI=1S/C19H20N2O4S2/c1-27(23,24)18-9-3-2-8-17(18)20-19(22)14-21(12-15-6-4-10-25-15)13-16-7-5-11-26-16/h2-11H,12-14H2,1H3,(H,20,22)/p+1. The van der Waals surface area contributed by atoms with Crippen LogP contribution in [-0.4, -0.2) is 27.1 Å². The molecule has 1 amide bonds. The van der Waals surface area contributed by atoms with Gasteiger partial charge in [0.2, 0.25) is 0 Å². The largest absolute Gasteiger partial charge is 0.463 e. The molecule has 0 aliphatic heterocycles. The number of sulfone groups is 1. The molecule has 2 aromatic heterocycles. The van der Waals surface area contributed by atoms with E-state index in [4.69, 9.17) is 4.42 Å². The van der Waals surface area contributed by atoms with E-state index in [0.29, 0.717) is 18.8 Å². The van der Waals surface area contributed by atoms with Gasteiger partial charge in [0.15, 0.2) is 22.1 Å². The summed E-state index contributed by atoms with van der Waals surface area (Å²) in [5.74, 6) is 0.551. The van der Waals surface area contributed by atoms with Crippen LogP contribution in [-0.2, 0) is 27.7 Å². The van der Waals surface area contributed by atoms with E-state index in [1.807, 2.05) is 29.6 Å². The second kappa shape index (κ2) is 8.51. The Labute approximate surface area is 162 Å². The van der Waals surface area contributed by atoms with Crippen LogP contribution in [0.15, 0.2) is 69.5 Å². The van der Waals surface area contributed by atoms with Gasteiger partial charge in [0, 0.05) is 6.26 Å². The average molecular weight is 406 g/mol. The summed E-state index contributed by atoms with van der Waals surface area (Å²) >= 11 is 1.64. The van der Waals surface area contributed by atoms with Crippen LogP contribution in [0, 0.1) is 0 Å². The minimum Gasteiger partial charge on any atom is -0.463 e. The molecule has 8 heteroatoms. The summed E-state index contributed by atoms with van der Waals surface area (Å²) in [5.41, 5.74) is 0.304. The van der Waals surface area contributed by atoms with Crippen molar-refractivity contribution in [2.75, 3.05) is 18.1 Å². The summed E-state index contributed by atoms with van der Waals surface area (Å²) in [5, 5.41) is 4.74. The van der Waals surface area contributed by atoms with Crippen molar-refractivity contribution in [2.45, 2.75) is 18.0 Å². The maximum absolute atomic E-state index is 12.6. The lowest BCUT2D eigenvalue weighted by atomic mass is 10.3. The molecule has 2 heterocycles. The monoisotopic (exact) mass is 405 g/mol. The van der Waals surface area contributed by atoms with Crippen molar-refractivity contribution >= 4 is 32.8 Å². The first-order chi connectivity index (χ1) is 12.9. The molecule has 3 rings (SSSR count). The van der Waals surface area contributed by atoms with Gasteiger partial charge < -0.3 is 14.6 Å². The quantitative estimate of drug-likeness (QED) is 0.600. The second-order valence-electron chi connectivity index (χ2n) is 6.26. The first kappa shape index (κ1) is 19.3. The van der Waals surface area contributed by atoms with Gasteiger partial charge in [0.05, 0.1) is 21.7 Å². The molecule has 0 spiro atoms. The summed E-state index contributed by atoms with van der Waals surface area (Å²) in [6, 6.07) is 14.1. The molecule has 6 nitrogen and oxygen atoms in total. The van der Waals surface area contributed by atoms with Crippen LogP contribution in [0.25, 0.3) is 0 Å². The Balaban J connectivity index is 1.72. The van der Waals surface area contributed by atoms with E-state index in [-0.39, 0.29) is 17.3 Å². The van der Waals surface area contributed by atoms with E-state index in [2.05, 4.69) is 5.32 Å². The predicted octanol–water partition coefficient (Wildman–Crippen LogP) is 1.97. The highest BCUT2D eigenvalue weighted by molar-refractivity contribution is 7.90. The van der Waals surface area contributed by atoms with Crippen molar-refractivity contribution in [3.63, 3.8) is 0 Å². The molecule has 0 radical (unpaired) electrons. The summed E-state index contributed by atoms with van der Waals surface area (Å²) < 4.78 is 29.2. The van der Waals surface area contributed by atoms with Crippen LogP contribution < -0.4 is 10.2 Å². The molecular weight excluding hydrogens is 384 g/mol. The third-order valence-electron chi connectivity index (χ3n) is 3.98. The van der Waals surface area contributed by atoms with Gasteiger partial charge in [0.25, 0.3) is 5.91 Å². The van der Waals surface area contributed by atoms with Crippen LogP contribution in [0.3, 0.4) is 0 Å². The van der Waals surface area contributed by atoms with Crippen LogP contribution >= 0.6 is 11.3 Å². The van der Waals surface area contributed by atoms with E-state index < -0.39 is 9.84 Å². The molecule has 142 valence electrons. The van der Waals surface area contributed by atoms with Gasteiger partial charge in [-0.05, 0) is 35.7 Å². The van der Waals surface area contributed by atoms with Crippen molar-refractivity contribution in [1.82, 2.24) is 0 Å². The van der Waals surface area contributed by atoms with Crippen molar-refractivity contribution < 1.29 is 22.5 Å². The lowest BCUT2D eigenvalue weighted by molar-refractivity contribution is -0.920. The molecule has 0 saturated heterocycles. The van der Waals surface area contributed by atoms with Crippen LogP contribution in [0.5, 0.6) is 0 Å².